The van der Waals surface area contributed by atoms with Gasteiger partial charge in [-0.2, -0.15) is 0 Å². The number of allylic oxidation sites excluding steroid dienone is 2. The lowest BCUT2D eigenvalue weighted by atomic mass is 9.34. The zero-order valence-corrected chi connectivity index (χ0v) is 23.6. The fraction of sp³-hybridized carbons (Fsp3) is 0.935. The van der Waals surface area contributed by atoms with Crippen LogP contribution in [0, 0.1) is 50.7 Å². The van der Waals surface area contributed by atoms with Crippen LogP contribution in [0.4, 0.5) is 0 Å². The molecular formula is C31H54O3. The SMILES string of the molecule is CC(C)=CCC(C)(C)CC1CC[C@]2(C)C1[C@H](O)CC1[C@@]3(C)CC[C@H](O)C(C)(C)C3[C@@H](O)C[C@]12C. The van der Waals surface area contributed by atoms with Gasteiger partial charge in [0, 0.05) is 0 Å². The van der Waals surface area contributed by atoms with E-state index < -0.39 is 6.10 Å². The van der Waals surface area contributed by atoms with E-state index >= 15 is 0 Å². The molecule has 4 unspecified atom stereocenters. The molecular weight excluding hydrogens is 420 g/mol. The van der Waals surface area contributed by atoms with Crippen LogP contribution in [-0.4, -0.2) is 33.6 Å². The molecule has 4 fully saturated rings. The summed E-state index contributed by atoms with van der Waals surface area (Å²) in [6, 6.07) is 0. The summed E-state index contributed by atoms with van der Waals surface area (Å²) in [6.45, 7) is 20.8. The Morgan fingerprint density at radius 3 is 2.18 bits per heavy atom. The molecule has 3 heteroatoms. The van der Waals surface area contributed by atoms with Gasteiger partial charge in [0.05, 0.1) is 18.3 Å². The molecule has 0 saturated heterocycles. The molecule has 3 N–H and O–H groups in total. The van der Waals surface area contributed by atoms with E-state index in [1.54, 1.807) is 0 Å². The normalized spacial score (nSPS) is 50.2. The Bertz CT molecular complexity index is 809. The van der Waals surface area contributed by atoms with Gasteiger partial charge in [0.1, 0.15) is 0 Å². The highest BCUT2D eigenvalue weighted by Gasteiger charge is 2.72. The number of aliphatic hydroxyl groups is 3. The lowest BCUT2D eigenvalue weighted by molar-refractivity contribution is -0.271. The molecule has 0 aromatic carbocycles. The molecule has 4 aliphatic rings. The van der Waals surface area contributed by atoms with E-state index in [2.05, 4.69) is 68.4 Å². The lowest BCUT2D eigenvalue weighted by Crippen LogP contribution is -2.69. The van der Waals surface area contributed by atoms with E-state index in [1.807, 2.05) is 0 Å². The highest BCUT2D eigenvalue weighted by molar-refractivity contribution is 5.20. The molecule has 0 aromatic rings. The summed E-state index contributed by atoms with van der Waals surface area (Å²) in [7, 11) is 0. The van der Waals surface area contributed by atoms with Crippen molar-refractivity contribution in [3.63, 3.8) is 0 Å². The van der Waals surface area contributed by atoms with Gasteiger partial charge < -0.3 is 15.3 Å². The van der Waals surface area contributed by atoms with Gasteiger partial charge in [-0.15, -0.1) is 0 Å². The molecule has 34 heavy (non-hydrogen) atoms. The van der Waals surface area contributed by atoms with Gasteiger partial charge in [-0.1, -0.05) is 60.1 Å². The number of aliphatic hydroxyl groups excluding tert-OH is 3. The molecule has 0 radical (unpaired) electrons. The van der Waals surface area contributed by atoms with Crippen LogP contribution in [0.2, 0.25) is 0 Å². The third kappa shape index (κ3) is 3.77. The van der Waals surface area contributed by atoms with Gasteiger partial charge in [-0.25, -0.2) is 0 Å². The van der Waals surface area contributed by atoms with Crippen molar-refractivity contribution in [2.45, 2.75) is 132 Å². The summed E-state index contributed by atoms with van der Waals surface area (Å²) in [6.07, 6.45) is 9.38. The Balaban J connectivity index is 1.67. The van der Waals surface area contributed by atoms with Crippen LogP contribution in [-0.2, 0) is 0 Å². The van der Waals surface area contributed by atoms with Gasteiger partial charge in [0.15, 0.2) is 0 Å². The number of rotatable bonds is 4. The van der Waals surface area contributed by atoms with Gasteiger partial charge in [0.2, 0.25) is 0 Å². The second-order valence-electron chi connectivity index (χ2n) is 15.5. The molecule has 4 rings (SSSR count). The van der Waals surface area contributed by atoms with E-state index in [4.69, 9.17) is 0 Å². The summed E-state index contributed by atoms with van der Waals surface area (Å²) in [5.41, 5.74) is 1.32. The first-order valence-corrected chi connectivity index (χ1v) is 14.2. The lowest BCUT2D eigenvalue weighted by Gasteiger charge is -2.71. The maximum Gasteiger partial charge on any atom is 0.0595 e. The van der Waals surface area contributed by atoms with Crippen molar-refractivity contribution < 1.29 is 15.3 Å². The van der Waals surface area contributed by atoms with Crippen molar-refractivity contribution in [2.24, 2.45) is 50.7 Å². The molecule has 0 bridgehead atoms. The minimum atomic E-state index is -0.392. The quantitative estimate of drug-likeness (QED) is 0.395. The summed E-state index contributed by atoms with van der Waals surface area (Å²) < 4.78 is 0. The van der Waals surface area contributed by atoms with Gasteiger partial charge in [-0.3, -0.25) is 0 Å². The molecule has 0 spiro atoms. The number of hydrogen-bond donors (Lipinski definition) is 3. The monoisotopic (exact) mass is 474 g/mol. The van der Waals surface area contributed by atoms with Crippen LogP contribution in [0.1, 0.15) is 114 Å². The average molecular weight is 475 g/mol. The summed E-state index contributed by atoms with van der Waals surface area (Å²) in [5.74, 6) is 1.32. The Kier molecular flexibility index (Phi) is 6.53. The number of fused-ring (bicyclic) bond motifs is 5. The van der Waals surface area contributed by atoms with Gasteiger partial charge >= 0.3 is 0 Å². The van der Waals surface area contributed by atoms with E-state index in [-0.39, 0.29) is 45.2 Å². The topological polar surface area (TPSA) is 60.7 Å². The van der Waals surface area contributed by atoms with Gasteiger partial charge in [-0.05, 0) is 116 Å². The molecule has 4 saturated carbocycles. The van der Waals surface area contributed by atoms with E-state index in [1.165, 1.54) is 12.0 Å². The van der Waals surface area contributed by atoms with Crippen molar-refractivity contribution in [1.29, 1.82) is 0 Å². The van der Waals surface area contributed by atoms with Crippen LogP contribution in [0.15, 0.2) is 11.6 Å². The van der Waals surface area contributed by atoms with Crippen molar-refractivity contribution in [2.75, 3.05) is 0 Å². The molecule has 0 heterocycles. The smallest absolute Gasteiger partial charge is 0.0595 e. The first-order valence-electron chi connectivity index (χ1n) is 14.2. The van der Waals surface area contributed by atoms with E-state index in [0.717, 1.165) is 44.9 Å². The second kappa shape index (κ2) is 8.32. The first-order chi connectivity index (χ1) is 15.5. The third-order valence-electron chi connectivity index (χ3n) is 12.3. The fourth-order valence-corrected chi connectivity index (χ4v) is 10.6. The largest absolute Gasteiger partial charge is 0.393 e. The highest BCUT2D eigenvalue weighted by atomic mass is 16.3. The molecule has 10 atom stereocenters. The third-order valence-corrected chi connectivity index (χ3v) is 12.3. The minimum Gasteiger partial charge on any atom is -0.393 e. The zero-order valence-electron chi connectivity index (χ0n) is 23.6. The Morgan fingerprint density at radius 1 is 0.912 bits per heavy atom. The molecule has 0 aromatic heterocycles. The Labute approximate surface area is 209 Å². The van der Waals surface area contributed by atoms with Crippen LogP contribution < -0.4 is 0 Å². The first kappa shape index (κ1) is 26.7. The van der Waals surface area contributed by atoms with E-state index in [0.29, 0.717) is 17.8 Å². The Morgan fingerprint density at radius 2 is 1.56 bits per heavy atom. The van der Waals surface area contributed by atoms with Crippen molar-refractivity contribution in [3.8, 4) is 0 Å². The van der Waals surface area contributed by atoms with E-state index in [9.17, 15) is 15.3 Å². The molecule has 196 valence electrons. The maximum absolute atomic E-state index is 11.8. The Hall–Kier alpha value is -0.380. The van der Waals surface area contributed by atoms with Crippen molar-refractivity contribution in [1.82, 2.24) is 0 Å². The van der Waals surface area contributed by atoms with Gasteiger partial charge in [0.25, 0.3) is 0 Å². The zero-order chi connectivity index (χ0) is 25.5. The predicted octanol–water partition coefficient (Wildman–Crippen LogP) is 6.75. The minimum absolute atomic E-state index is 0.0126. The highest BCUT2D eigenvalue weighted by Crippen LogP contribution is 2.75. The maximum atomic E-state index is 11.8. The second-order valence-corrected chi connectivity index (χ2v) is 15.5. The predicted molar refractivity (Wildman–Crippen MR) is 140 cm³/mol. The average Bonchev–Trinajstić information content (AvgIpc) is 3.03. The fourth-order valence-electron chi connectivity index (χ4n) is 10.6. The molecule has 3 nitrogen and oxygen atoms in total. The number of hydrogen-bond acceptors (Lipinski definition) is 3. The van der Waals surface area contributed by atoms with Crippen LogP contribution in [0.5, 0.6) is 0 Å². The summed E-state index contributed by atoms with van der Waals surface area (Å²) in [4.78, 5) is 0. The molecule has 0 aliphatic heterocycles. The van der Waals surface area contributed by atoms with Crippen molar-refractivity contribution in [3.05, 3.63) is 11.6 Å². The van der Waals surface area contributed by atoms with Crippen LogP contribution in [0.25, 0.3) is 0 Å². The summed E-state index contributed by atoms with van der Waals surface area (Å²) >= 11 is 0. The van der Waals surface area contributed by atoms with Crippen LogP contribution in [0.3, 0.4) is 0 Å². The molecule has 0 amide bonds. The summed E-state index contributed by atoms with van der Waals surface area (Å²) in [5, 5.41) is 34.4. The van der Waals surface area contributed by atoms with Crippen molar-refractivity contribution >= 4 is 0 Å². The standard InChI is InChI=1S/C31H54O3/c1-19(2)10-13-27(3,4)17-20-11-15-30(8)25(20)21(32)16-23-29(7)14-12-24(34)28(5,6)26(29)22(33)18-31(23,30)9/h10,20-26,32-34H,11-18H2,1-9H3/t20?,21-,22+,23?,24+,25?,26?,29-,30-,31-/m1/s1. The van der Waals surface area contributed by atoms with Crippen LogP contribution >= 0.6 is 0 Å². The molecule has 4 aliphatic carbocycles.